The fourth-order valence-corrected chi connectivity index (χ4v) is 2.94. The van der Waals surface area contributed by atoms with Gasteiger partial charge in [-0.1, -0.05) is 31.2 Å². The van der Waals surface area contributed by atoms with Gasteiger partial charge in [0.05, 0.1) is 5.69 Å². The molecule has 3 nitrogen and oxygen atoms in total. The van der Waals surface area contributed by atoms with Crippen LogP contribution in [0.2, 0.25) is 0 Å². The minimum atomic E-state index is 0.487. The molecule has 0 saturated heterocycles. The van der Waals surface area contributed by atoms with Crippen LogP contribution < -0.4 is 5.32 Å². The van der Waals surface area contributed by atoms with Crippen LogP contribution in [-0.4, -0.2) is 16.3 Å². The van der Waals surface area contributed by atoms with Gasteiger partial charge in [0.1, 0.15) is 0 Å². The maximum absolute atomic E-state index is 4.74. The van der Waals surface area contributed by atoms with E-state index in [1.165, 1.54) is 16.8 Å². The van der Waals surface area contributed by atoms with Crippen molar-refractivity contribution in [3.63, 3.8) is 0 Å². The first-order valence-corrected chi connectivity index (χ1v) is 7.60. The lowest BCUT2D eigenvalue weighted by Gasteiger charge is -2.25. The minimum Gasteiger partial charge on any atom is -0.312 e. The molecule has 1 N–H and O–H groups in total. The van der Waals surface area contributed by atoms with Crippen LogP contribution in [0.4, 0.5) is 0 Å². The molecule has 20 heavy (non-hydrogen) atoms. The summed E-state index contributed by atoms with van der Waals surface area (Å²) in [5, 5.41) is 8.25. The molecule has 2 atom stereocenters. The Morgan fingerprint density at radius 3 is 3.05 bits per heavy atom. The van der Waals surface area contributed by atoms with E-state index in [0.29, 0.717) is 12.0 Å². The summed E-state index contributed by atoms with van der Waals surface area (Å²) in [7, 11) is 0. The Labute approximate surface area is 121 Å². The van der Waals surface area contributed by atoms with Crippen molar-refractivity contribution in [3.05, 3.63) is 53.3 Å². The van der Waals surface area contributed by atoms with E-state index in [-0.39, 0.29) is 0 Å². The fourth-order valence-electron chi connectivity index (χ4n) is 2.94. The van der Waals surface area contributed by atoms with Crippen LogP contribution in [0.25, 0.3) is 0 Å². The average molecular weight is 269 g/mol. The smallest absolute Gasteiger partial charge is 0.0631 e. The molecule has 0 bridgehead atoms. The number of nitrogens with zero attached hydrogens (tertiary/aromatic N) is 2. The van der Waals surface area contributed by atoms with Gasteiger partial charge in [0.2, 0.25) is 0 Å². The highest BCUT2D eigenvalue weighted by molar-refractivity contribution is 5.33. The van der Waals surface area contributed by atoms with Crippen LogP contribution in [0.1, 0.15) is 49.0 Å². The van der Waals surface area contributed by atoms with E-state index >= 15 is 0 Å². The van der Waals surface area contributed by atoms with Crippen molar-refractivity contribution in [3.8, 4) is 0 Å². The van der Waals surface area contributed by atoms with Gasteiger partial charge in [0.25, 0.3) is 0 Å². The maximum atomic E-state index is 4.74. The molecule has 106 valence electrons. The maximum Gasteiger partial charge on any atom is 0.0631 e. The van der Waals surface area contributed by atoms with Crippen LogP contribution in [0.15, 0.2) is 36.5 Å². The summed E-state index contributed by atoms with van der Waals surface area (Å²) in [6.45, 7) is 6.46. The molecule has 0 radical (unpaired) electrons. The highest BCUT2D eigenvalue weighted by Gasteiger charge is 2.20. The first-order chi connectivity index (χ1) is 9.78. The molecule has 3 heteroatoms. The Balaban J connectivity index is 1.77. The Kier molecular flexibility index (Phi) is 3.88. The van der Waals surface area contributed by atoms with E-state index in [2.05, 4.69) is 60.4 Å². The lowest BCUT2D eigenvalue weighted by atomic mass is 9.88. The number of nitrogens with one attached hydrogen (secondary N) is 1. The van der Waals surface area contributed by atoms with E-state index in [4.69, 9.17) is 5.10 Å². The topological polar surface area (TPSA) is 29.9 Å². The molecule has 0 fully saturated rings. The number of aromatic nitrogens is 2. The third-order valence-corrected chi connectivity index (χ3v) is 4.36. The van der Waals surface area contributed by atoms with Gasteiger partial charge in [0.15, 0.2) is 0 Å². The van der Waals surface area contributed by atoms with Gasteiger partial charge < -0.3 is 5.32 Å². The summed E-state index contributed by atoms with van der Waals surface area (Å²) >= 11 is 0. The standard InChI is InChI=1S/C17H23N3/c1-3-13(2)20-9-8-16(19-20)10-15-12-18-11-14-6-4-5-7-17(14)15/h4-9,13,15,18H,3,10-12H2,1-2H3. The molecular formula is C17H23N3. The quantitative estimate of drug-likeness (QED) is 0.923. The normalized spacial score (nSPS) is 19.6. The zero-order valence-electron chi connectivity index (χ0n) is 12.3. The number of hydrogen-bond acceptors (Lipinski definition) is 2. The first kappa shape index (κ1) is 13.4. The lowest BCUT2D eigenvalue weighted by Crippen LogP contribution is -2.29. The highest BCUT2D eigenvalue weighted by atomic mass is 15.3. The van der Waals surface area contributed by atoms with Crippen molar-refractivity contribution in [2.24, 2.45) is 0 Å². The molecule has 1 aromatic heterocycles. The molecule has 0 spiro atoms. The Morgan fingerprint density at radius 2 is 2.20 bits per heavy atom. The van der Waals surface area contributed by atoms with Crippen molar-refractivity contribution in [1.29, 1.82) is 0 Å². The van der Waals surface area contributed by atoms with Crippen LogP contribution in [0, 0.1) is 0 Å². The van der Waals surface area contributed by atoms with Gasteiger partial charge in [-0.05, 0) is 37.0 Å². The van der Waals surface area contributed by atoms with E-state index in [0.717, 1.165) is 25.9 Å². The molecule has 1 aliphatic rings. The average Bonchev–Trinajstić information content (AvgIpc) is 2.95. The van der Waals surface area contributed by atoms with E-state index in [9.17, 15) is 0 Å². The Morgan fingerprint density at radius 1 is 1.35 bits per heavy atom. The van der Waals surface area contributed by atoms with Crippen molar-refractivity contribution in [2.75, 3.05) is 6.54 Å². The molecule has 2 aromatic rings. The van der Waals surface area contributed by atoms with Crippen molar-refractivity contribution >= 4 is 0 Å². The predicted octanol–water partition coefficient (Wildman–Crippen LogP) is 3.28. The fraction of sp³-hybridized carbons (Fsp3) is 0.471. The second kappa shape index (κ2) is 5.80. The molecule has 1 aromatic carbocycles. The van der Waals surface area contributed by atoms with Crippen molar-refractivity contribution in [2.45, 2.75) is 45.2 Å². The van der Waals surface area contributed by atoms with Gasteiger partial charge >= 0.3 is 0 Å². The SMILES string of the molecule is CCC(C)n1ccc(CC2CNCc3ccccc32)n1. The largest absolute Gasteiger partial charge is 0.312 e. The molecule has 2 heterocycles. The van der Waals surface area contributed by atoms with Gasteiger partial charge in [-0.3, -0.25) is 4.68 Å². The third kappa shape index (κ3) is 2.63. The van der Waals surface area contributed by atoms with Gasteiger partial charge in [-0.25, -0.2) is 0 Å². The zero-order valence-corrected chi connectivity index (χ0v) is 12.3. The second-order valence-electron chi connectivity index (χ2n) is 5.78. The lowest BCUT2D eigenvalue weighted by molar-refractivity contribution is 0.468. The predicted molar refractivity (Wildman–Crippen MR) is 81.8 cm³/mol. The Hall–Kier alpha value is -1.61. The molecule has 0 aliphatic carbocycles. The molecule has 3 rings (SSSR count). The van der Waals surface area contributed by atoms with E-state index < -0.39 is 0 Å². The van der Waals surface area contributed by atoms with Crippen molar-refractivity contribution < 1.29 is 0 Å². The summed E-state index contributed by atoms with van der Waals surface area (Å²) in [4.78, 5) is 0. The Bertz CT molecular complexity index is 573. The van der Waals surface area contributed by atoms with Gasteiger partial charge in [-0.15, -0.1) is 0 Å². The highest BCUT2D eigenvalue weighted by Crippen LogP contribution is 2.26. The van der Waals surface area contributed by atoms with E-state index in [1.807, 2.05) is 0 Å². The summed E-state index contributed by atoms with van der Waals surface area (Å²) in [5.41, 5.74) is 4.13. The van der Waals surface area contributed by atoms with Crippen LogP contribution in [0.5, 0.6) is 0 Å². The summed E-state index contributed by atoms with van der Waals surface area (Å²) in [5.74, 6) is 0.542. The minimum absolute atomic E-state index is 0.487. The molecule has 2 unspecified atom stereocenters. The number of benzene rings is 1. The molecular weight excluding hydrogens is 246 g/mol. The second-order valence-corrected chi connectivity index (χ2v) is 5.78. The van der Waals surface area contributed by atoms with Crippen LogP contribution >= 0.6 is 0 Å². The first-order valence-electron chi connectivity index (χ1n) is 7.60. The van der Waals surface area contributed by atoms with Gasteiger partial charge in [-0.2, -0.15) is 5.10 Å². The summed E-state index contributed by atoms with van der Waals surface area (Å²) < 4.78 is 2.09. The summed E-state index contributed by atoms with van der Waals surface area (Å²) in [6, 6.07) is 11.4. The number of hydrogen-bond donors (Lipinski definition) is 1. The van der Waals surface area contributed by atoms with Crippen LogP contribution in [-0.2, 0) is 13.0 Å². The van der Waals surface area contributed by atoms with Crippen molar-refractivity contribution in [1.82, 2.24) is 15.1 Å². The number of fused-ring (bicyclic) bond motifs is 1. The van der Waals surface area contributed by atoms with E-state index in [1.54, 1.807) is 0 Å². The number of rotatable bonds is 4. The van der Waals surface area contributed by atoms with Crippen LogP contribution in [0.3, 0.4) is 0 Å². The zero-order chi connectivity index (χ0) is 13.9. The van der Waals surface area contributed by atoms with Gasteiger partial charge in [0, 0.05) is 31.2 Å². The monoisotopic (exact) mass is 269 g/mol. The summed E-state index contributed by atoms with van der Waals surface area (Å²) in [6.07, 6.45) is 4.26. The third-order valence-electron chi connectivity index (χ3n) is 4.36. The molecule has 1 aliphatic heterocycles. The molecule has 0 amide bonds. The molecule has 0 saturated carbocycles.